The molecule has 0 spiro atoms. The lowest BCUT2D eigenvalue weighted by atomic mass is 10.1. The zero-order valence-electron chi connectivity index (χ0n) is 11.8. The van der Waals surface area contributed by atoms with Gasteiger partial charge in [0, 0.05) is 18.0 Å². The first-order valence-corrected chi connectivity index (χ1v) is 7.90. The van der Waals surface area contributed by atoms with Crippen molar-refractivity contribution in [1.29, 1.82) is 0 Å². The fourth-order valence-corrected chi connectivity index (χ4v) is 2.71. The molecule has 0 bridgehead atoms. The summed E-state index contributed by atoms with van der Waals surface area (Å²) >= 11 is 1.69. The number of thiophene rings is 1. The molecule has 0 radical (unpaired) electrons. The summed E-state index contributed by atoms with van der Waals surface area (Å²) in [7, 11) is 0. The third-order valence-electron chi connectivity index (χ3n) is 3.05. The van der Waals surface area contributed by atoms with Gasteiger partial charge < -0.3 is 10.6 Å². The van der Waals surface area contributed by atoms with Crippen LogP contribution in [0.2, 0.25) is 0 Å². The number of hydrogen-bond acceptors (Lipinski definition) is 2. The van der Waals surface area contributed by atoms with Crippen molar-refractivity contribution in [1.82, 2.24) is 10.6 Å². The Kier molecular flexibility index (Phi) is 6.22. The molecule has 0 saturated carbocycles. The van der Waals surface area contributed by atoms with E-state index in [1.54, 1.807) is 17.4 Å². The van der Waals surface area contributed by atoms with Crippen LogP contribution >= 0.6 is 11.3 Å². The van der Waals surface area contributed by atoms with Crippen molar-refractivity contribution in [2.45, 2.75) is 19.3 Å². The predicted molar refractivity (Wildman–Crippen MR) is 84.1 cm³/mol. The summed E-state index contributed by atoms with van der Waals surface area (Å²) in [6.07, 6.45) is 2.41. The smallest absolute Gasteiger partial charge is 0.314 e. The normalized spacial score (nSPS) is 10.3. The Labute approximate surface area is 128 Å². The van der Waals surface area contributed by atoms with Gasteiger partial charge in [-0.15, -0.1) is 11.3 Å². The van der Waals surface area contributed by atoms with Crippen LogP contribution in [0.25, 0.3) is 0 Å². The van der Waals surface area contributed by atoms with Gasteiger partial charge in [0.05, 0.1) is 0 Å². The van der Waals surface area contributed by atoms with E-state index >= 15 is 0 Å². The first-order chi connectivity index (χ1) is 10.2. The largest absolute Gasteiger partial charge is 0.338 e. The van der Waals surface area contributed by atoms with E-state index in [1.807, 2.05) is 17.5 Å². The van der Waals surface area contributed by atoms with Crippen LogP contribution in [0.3, 0.4) is 0 Å². The Morgan fingerprint density at radius 3 is 2.71 bits per heavy atom. The maximum Gasteiger partial charge on any atom is 0.314 e. The van der Waals surface area contributed by atoms with Gasteiger partial charge in [-0.2, -0.15) is 0 Å². The van der Waals surface area contributed by atoms with Crippen LogP contribution in [0.4, 0.5) is 9.18 Å². The Morgan fingerprint density at radius 2 is 1.95 bits per heavy atom. The molecule has 112 valence electrons. The highest BCUT2D eigenvalue weighted by Crippen LogP contribution is 2.08. The van der Waals surface area contributed by atoms with Crippen LogP contribution in [-0.2, 0) is 12.8 Å². The van der Waals surface area contributed by atoms with Crippen molar-refractivity contribution in [2.75, 3.05) is 13.1 Å². The van der Waals surface area contributed by atoms with E-state index in [0.717, 1.165) is 24.8 Å². The number of urea groups is 1. The molecule has 2 rings (SSSR count). The zero-order chi connectivity index (χ0) is 14.9. The van der Waals surface area contributed by atoms with Crippen LogP contribution in [0.15, 0.2) is 41.8 Å². The molecule has 0 fully saturated rings. The van der Waals surface area contributed by atoms with Gasteiger partial charge in [0.15, 0.2) is 0 Å². The molecule has 0 saturated heterocycles. The third-order valence-corrected chi connectivity index (χ3v) is 3.99. The van der Waals surface area contributed by atoms with Crippen molar-refractivity contribution in [3.8, 4) is 0 Å². The molecule has 2 aromatic rings. The molecule has 1 aromatic carbocycles. The average molecular weight is 306 g/mol. The van der Waals surface area contributed by atoms with Crippen molar-refractivity contribution in [3.05, 3.63) is 58.0 Å². The molecular formula is C16H19FN2OS. The fraction of sp³-hybridized carbons (Fsp3) is 0.312. The fourth-order valence-electron chi connectivity index (χ4n) is 2.00. The second-order valence-electron chi connectivity index (χ2n) is 4.75. The minimum Gasteiger partial charge on any atom is -0.338 e. The maximum atomic E-state index is 13.0. The standard InChI is InChI=1S/C16H19FN2OS/c17-14-6-1-4-13(12-14)5-2-9-18-16(20)19-10-8-15-7-3-11-21-15/h1,3-4,6-7,11-12H,2,5,8-10H2,(H2,18,19,20). The van der Waals surface area contributed by atoms with Crippen LogP contribution in [-0.4, -0.2) is 19.1 Å². The monoisotopic (exact) mass is 306 g/mol. The van der Waals surface area contributed by atoms with E-state index in [-0.39, 0.29) is 11.8 Å². The number of hydrogen-bond donors (Lipinski definition) is 2. The molecule has 0 aliphatic rings. The number of aryl methyl sites for hydroxylation is 1. The highest BCUT2D eigenvalue weighted by Gasteiger charge is 2.00. The first-order valence-electron chi connectivity index (χ1n) is 7.02. The summed E-state index contributed by atoms with van der Waals surface area (Å²) in [4.78, 5) is 12.8. The van der Waals surface area contributed by atoms with E-state index in [9.17, 15) is 9.18 Å². The molecule has 1 heterocycles. The van der Waals surface area contributed by atoms with E-state index in [0.29, 0.717) is 13.1 Å². The van der Waals surface area contributed by atoms with Gasteiger partial charge in [0.1, 0.15) is 5.82 Å². The second kappa shape index (κ2) is 8.42. The zero-order valence-corrected chi connectivity index (χ0v) is 12.6. The lowest BCUT2D eigenvalue weighted by Gasteiger charge is -2.07. The number of carbonyl (C=O) groups excluding carboxylic acids is 1. The van der Waals surface area contributed by atoms with Gasteiger partial charge >= 0.3 is 6.03 Å². The minimum absolute atomic E-state index is 0.147. The molecule has 2 N–H and O–H groups in total. The van der Waals surface area contributed by atoms with E-state index < -0.39 is 0 Å². The highest BCUT2D eigenvalue weighted by atomic mass is 32.1. The molecule has 3 nitrogen and oxygen atoms in total. The van der Waals surface area contributed by atoms with Crippen molar-refractivity contribution >= 4 is 17.4 Å². The van der Waals surface area contributed by atoms with Crippen molar-refractivity contribution in [2.24, 2.45) is 0 Å². The van der Waals surface area contributed by atoms with Crippen LogP contribution in [0, 0.1) is 5.82 Å². The highest BCUT2D eigenvalue weighted by molar-refractivity contribution is 7.09. The van der Waals surface area contributed by atoms with Gasteiger partial charge in [-0.1, -0.05) is 18.2 Å². The molecule has 0 unspecified atom stereocenters. The van der Waals surface area contributed by atoms with E-state index in [2.05, 4.69) is 16.7 Å². The van der Waals surface area contributed by atoms with Crippen LogP contribution in [0.5, 0.6) is 0 Å². The van der Waals surface area contributed by atoms with Gasteiger partial charge in [0.2, 0.25) is 0 Å². The molecule has 0 aliphatic carbocycles. The molecule has 0 aliphatic heterocycles. The minimum atomic E-state index is -0.216. The molecule has 1 aromatic heterocycles. The number of amides is 2. The Balaban J connectivity index is 1.55. The maximum absolute atomic E-state index is 13.0. The summed E-state index contributed by atoms with van der Waals surface area (Å²) in [5.41, 5.74) is 0.954. The quantitative estimate of drug-likeness (QED) is 0.757. The summed E-state index contributed by atoms with van der Waals surface area (Å²) in [6, 6.07) is 10.5. The van der Waals surface area contributed by atoms with Gasteiger partial charge in [0.25, 0.3) is 0 Å². The van der Waals surface area contributed by atoms with Gasteiger partial charge in [-0.3, -0.25) is 0 Å². The number of rotatable bonds is 7. The Bertz CT molecular complexity index is 557. The lowest BCUT2D eigenvalue weighted by Crippen LogP contribution is -2.37. The van der Waals surface area contributed by atoms with Gasteiger partial charge in [-0.05, 0) is 48.4 Å². The molecule has 21 heavy (non-hydrogen) atoms. The SMILES string of the molecule is O=C(NCCCc1cccc(F)c1)NCCc1cccs1. The van der Waals surface area contributed by atoms with Crippen LogP contribution < -0.4 is 10.6 Å². The number of benzene rings is 1. The predicted octanol–water partition coefficient (Wildman–Crippen LogP) is 3.36. The first kappa shape index (κ1) is 15.5. The molecule has 2 amide bonds. The Hall–Kier alpha value is -1.88. The summed E-state index contributed by atoms with van der Waals surface area (Å²) < 4.78 is 13.0. The molecule has 5 heteroatoms. The second-order valence-corrected chi connectivity index (χ2v) is 5.78. The van der Waals surface area contributed by atoms with Crippen molar-refractivity contribution in [3.63, 3.8) is 0 Å². The molecular weight excluding hydrogens is 287 g/mol. The third kappa shape index (κ3) is 5.95. The average Bonchev–Trinajstić information content (AvgIpc) is 2.97. The van der Waals surface area contributed by atoms with E-state index in [4.69, 9.17) is 0 Å². The summed E-state index contributed by atoms with van der Waals surface area (Å²) in [5.74, 6) is -0.216. The van der Waals surface area contributed by atoms with Gasteiger partial charge in [-0.25, -0.2) is 9.18 Å². The lowest BCUT2D eigenvalue weighted by molar-refractivity contribution is 0.241. The summed E-state index contributed by atoms with van der Waals surface area (Å²) in [6.45, 7) is 1.22. The van der Waals surface area contributed by atoms with Crippen molar-refractivity contribution < 1.29 is 9.18 Å². The number of halogens is 1. The summed E-state index contributed by atoms with van der Waals surface area (Å²) in [5, 5.41) is 7.66. The number of nitrogens with one attached hydrogen (secondary N) is 2. The number of carbonyl (C=O) groups is 1. The van der Waals surface area contributed by atoms with E-state index in [1.165, 1.54) is 17.0 Å². The van der Waals surface area contributed by atoms with Crippen LogP contribution in [0.1, 0.15) is 16.9 Å². The topological polar surface area (TPSA) is 41.1 Å². The molecule has 0 atom stereocenters. The Morgan fingerprint density at radius 1 is 1.10 bits per heavy atom.